The highest BCUT2D eigenvalue weighted by Crippen LogP contribution is 2.15. The lowest BCUT2D eigenvalue weighted by Gasteiger charge is -2.21. The predicted molar refractivity (Wildman–Crippen MR) is 96.4 cm³/mol. The minimum atomic E-state index is -0.0635. The van der Waals surface area contributed by atoms with E-state index in [9.17, 15) is 4.79 Å². The summed E-state index contributed by atoms with van der Waals surface area (Å²) in [5.74, 6) is -0.0635. The van der Waals surface area contributed by atoms with E-state index in [1.807, 2.05) is 45.7 Å². The second-order valence-corrected chi connectivity index (χ2v) is 6.33. The first-order valence-corrected chi connectivity index (χ1v) is 8.32. The Morgan fingerprint density at radius 3 is 2.48 bits per heavy atom. The number of anilines is 1. The Morgan fingerprint density at radius 1 is 1.24 bits per heavy atom. The molecule has 138 valence electrons. The summed E-state index contributed by atoms with van der Waals surface area (Å²) < 4.78 is 8.75. The minimum absolute atomic E-state index is 0.0635. The summed E-state index contributed by atoms with van der Waals surface area (Å²) in [6.07, 6.45) is 1.81. The number of methoxy groups -OCH3 is 1. The minimum Gasteiger partial charge on any atom is -0.383 e. The van der Waals surface area contributed by atoms with E-state index in [1.165, 1.54) is 0 Å². The van der Waals surface area contributed by atoms with Crippen LogP contribution in [0.2, 0.25) is 0 Å². The largest absolute Gasteiger partial charge is 0.383 e. The number of nitrogens with zero attached hydrogens (tertiary/aromatic N) is 5. The fourth-order valence-corrected chi connectivity index (χ4v) is 2.82. The van der Waals surface area contributed by atoms with Crippen molar-refractivity contribution < 1.29 is 9.53 Å². The van der Waals surface area contributed by atoms with Crippen LogP contribution in [-0.2, 0) is 30.2 Å². The highest BCUT2D eigenvalue weighted by molar-refractivity contribution is 5.92. The Kier molecular flexibility index (Phi) is 6.33. The lowest BCUT2D eigenvalue weighted by Crippen LogP contribution is -2.35. The number of ether oxygens (including phenoxy) is 1. The van der Waals surface area contributed by atoms with Crippen molar-refractivity contribution in [3.05, 3.63) is 28.8 Å². The van der Waals surface area contributed by atoms with Crippen molar-refractivity contribution in [1.29, 1.82) is 0 Å². The first-order chi connectivity index (χ1) is 11.8. The third-order valence-electron chi connectivity index (χ3n) is 4.31. The molecule has 0 saturated heterocycles. The second-order valence-electron chi connectivity index (χ2n) is 6.33. The number of aromatic nitrogens is 4. The lowest BCUT2D eigenvalue weighted by atomic mass is 10.2. The van der Waals surface area contributed by atoms with E-state index in [0.29, 0.717) is 19.7 Å². The normalized spacial score (nSPS) is 11.3. The lowest BCUT2D eigenvalue weighted by molar-refractivity contribution is -0.117. The molecule has 2 rings (SSSR count). The van der Waals surface area contributed by atoms with Crippen molar-refractivity contribution >= 4 is 11.6 Å². The molecule has 0 spiro atoms. The first kappa shape index (κ1) is 19.1. The third-order valence-corrected chi connectivity index (χ3v) is 4.31. The molecule has 2 aromatic rings. The van der Waals surface area contributed by atoms with Gasteiger partial charge in [-0.25, -0.2) is 0 Å². The molecule has 0 unspecified atom stereocenters. The van der Waals surface area contributed by atoms with Gasteiger partial charge in [-0.2, -0.15) is 10.2 Å². The molecule has 0 radical (unpaired) electrons. The van der Waals surface area contributed by atoms with Gasteiger partial charge in [0.2, 0.25) is 5.91 Å². The van der Waals surface area contributed by atoms with Crippen LogP contribution in [0, 0.1) is 20.8 Å². The number of hydrogen-bond acceptors (Lipinski definition) is 5. The number of carbonyl (C=O) groups is 1. The molecule has 1 N–H and O–H groups in total. The highest BCUT2D eigenvalue weighted by Gasteiger charge is 2.17. The van der Waals surface area contributed by atoms with Crippen LogP contribution < -0.4 is 5.32 Å². The maximum atomic E-state index is 12.5. The summed E-state index contributed by atoms with van der Waals surface area (Å²) in [4.78, 5) is 14.5. The fraction of sp³-hybridized carbons (Fsp3) is 0.588. The molecule has 0 bridgehead atoms. The summed E-state index contributed by atoms with van der Waals surface area (Å²) in [6.45, 7) is 8.10. The smallest absolute Gasteiger partial charge is 0.238 e. The van der Waals surface area contributed by atoms with Gasteiger partial charge in [0.15, 0.2) is 0 Å². The number of aryl methyl sites for hydroxylation is 4. The Hall–Kier alpha value is -2.19. The van der Waals surface area contributed by atoms with Gasteiger partial charge in [0, 0.05) is 51.7 Å². The van der Waals surface area contributed by atoms with E-state index in [1.54, 1.807) is 11.8 Å². The van der Waals surface area contributed by atoms with Crippen molar-refractivity contribution in [2.45, 2.75) is 27.3 Å². The van der Waals surface area contributed by atoms with E-state index in [4.69, 9.17) is 4.74 Å². The second kappa shape index (κ2) is 8.26. The van der Waals surface area contributed by atoms with Crippen molar-refractivity contribution in [2.24, 2.45) is 14.1 Å². The fourth-order valence-electron chi connectivity index (χ4n) is 2.82. The summed E-state index contributed by atoms with van der Waals surface area (Å²) in [5, 5.41) is 11.6. The van der Waals surface area contributed by atoms with Gasteiger partial charge in [0.1, 0.15) is 0 Å². The van der Waals surface area contributed by atoms with Gasteiger partial charge in [-0.1, -0.05) is 0 Å². The third kappa shape index (κ3) is 4.90. The average Bonchev–Trinajstić information content (AvgIpc) is 2.97. The number of carbonyl (C=O) groups excluding carboxylic acids is 1. The Morgan fingerprint density at radius 2 is 1.96 bits per heavy atom. The van der Waals surface area contributed by atoms with E-state index >= 15 is 0 Å². The molecule has 1 amide bonds. The average molecular weight is 348 g/mol. The SMILES string of the molecule is COCCN(CC(=O)Nc1cn(C)nc1C)Cc1c(C)nn(C)c1C. The number of hydrogen-bond donors (Lipinski definition) is 1. The topological polar surface area (TPSA) is 77.2 Å². The molecule has 8 heteroatoms. The van der Waals surface area contributed by atoms with Gasteiger partial charge in [-0.05, 0) is 20.8 Å². The zero-order valence-electron chi connectivity index (χ0n) is 16.0. The summed E-state index contributed by atoms with van der Waals surface area (Å²) in [5.41, 5.74) is 4.81. The summed E-state index contributed by atoms with van der Waals surface area (Å²) in [7, 11) is 5.43. The van der Waals surface area contributed by atoms with Crippen LogP contribution in [0.4, 0.5) is 5.69 Å². The number of rotatable bonds is 8. The van der Waals surface area contributed by atoms with Crippen LogP contribution in [0.15, 0.2) is 6.20 Å². The first-order valence-electron chi connectivity index (χ1n) is 8.32. The number of amides is 1. The van der Waals surface area contributed by atoms with Crippen LogP contribution in [0.5, 0.6) is 0 Å². The van der Waals surface area contributed by atoms with Crippen molar-refractivity contribution in [3.63, 3.8) is 0 Å². The van der Waals surface area contributed by atoms with E-state index < -0.39 is 0 Å². The van der Waals surface area contributed by atoms with Gasteiger partial charge in [0.25, 0.3) is 0 Å². The summed E-state index contributed by atoms with van der Waals surface area (Å²) >= 11 is 0. The van der Waals surface area contributed by atoms with Crippen LogP contribution in [-0.4, -0.2) is 57.2 Å². The van der Waals surface area contributed by atoms with Crippen molar-refractivity contribution in [2.75, 3.05) is 32.1 Å². The molecule has 8 nitrogen and oxygen atoms in total. The van der Waals surface area contributed by atoms with Crippen LogP contribution in [0.1, 0.15) is 22.6 Å². The number of nitrogens with one attached hydrogen (secondary N) is 1. The monoisotopic (exact) mass is 348 g/mol. The maximum absolute atomic E-state index is 12.5. The molecule has 25 heavy (non-hydrogen) atoms. The molecule has 0 saturated carbocycles. The van der Waals surface area contributed by atoms with E-state index in [-0.39, 0.29) is 12.5 Å². The van der Waals surface area contributed by atoms with Gasteiger partial charge in [-0.15, -0.1) is 0 Å². The van der Waals surface area contributed by atoms with Crippen molar-refractivity contribution in [3.8, 4) is 0 Å². The molecule has 0 aliphatic heterocycles. The predicted octanol–water partition coefficient (Wildman–Crippen LogP) is 1.17. The maximum Gasteiger partial charge on any atom is 0.238 e. The molecule has 0 aromatic carbocycles. The van der Waals surface area contributed by atoms with Gasteiger partial charge < -0.3 is 10.1 Å². The molecule has 0 aliphatic carbocycles. The van der Waals surface area contributed by atoms with Gasteiger partial charge in [0.05, 0.1) is 30.2 Å². The van der Waals surface area contributed by atoms with E-state index in [0.717, 1.165) is 28.3 Å². The molecular formula is C17H28N6O2. The molecule has 2 heterocycles. The molecule has 0 atom stereocenters. The Labute approximate surface area is 148 Å². The van der Waals surface area contributed by atoms with Crippen LogP contribution in [0.3, 0.4) is 0 Å². The van der Waals surface area contributed by atoms with Crippen LogP contribution in [0.25, 0.3) is 0 Å². The molecule has 2 aromatic heterocycles. The Bertz CT molecular complexity index is 734. The van der Waals surface area contributed by atoms with Crippen molar-refractivity contribution in [1.82, 2.24) is 24.5 Å². The Balaban J connectivity index is 2.06. The molecule has 0 fully saturated rings. The van der Waals surface area contributed by atoms with Gasteiger partial charge >= 0.3 is 0 Å². The zero-order chi connectivity index (χ0) is 18.6. The van der Waals surface area contributed by atoms with Gasteiger partial charge in [-0.3, -0.25) is 19.1 Å². The zero-order valence-corrected chi connectivity index (χ0v) is 16.0. The highest BCUT2D eigenvalue weighted by atomic mass is 16.5. The van der Waals surface area contributed by atoms with E-state index in [2.05, 4.69) is 20.4 Å². The van der Waals surface area contributed by atoms with Crippen LogP contribution >= 0.6 is 0 Å². The molecule has 0 aliphatic rings. The summed E-state index contributed by atoms with van der Waals surface area (Å²) in [6, 6.07) is 0. The quantitative estimate of drug-likeness (QED) is 0.775. The standard InChI is InChI=1S/C17H28N6O2/c1-12-15(14(3)22(5)20-12)9-23(7-8-25-6)11-17(24)18-16-10-21(4)19-13(16)2/h10H,7-9,11H2,1-6H3,(H,18,24). The molecular weight excluding hydrogens is 320 g/mol.